The van der Waals surface area contributed by atoms with Gasteiger partial charge in [0.1, 0.15) is 5.82 Å². The molecule has 1 saturated carbocycles. The third kappa shape index (κ3) is 3.04. The van der Waals surface area contributed by atoms with E-state index in [0.717, 1.165) is 12.4 Å². The highest BCUT2D eigenvalue weighted by molar-refractivity contribution is 5.92. The lowest BCUT2D eigenvalue weighted by molar-refractivity contribution is 0.1000. The van der Waals surface area contributed by atoms with E-state index in [-0.39, 0.29) is 5.54 Å². The molecule has 1 aromatic rings. The van der Waals surface area contributed by atoms with Gasteiger partial charge in [-0.3, -0.25) is 4.79 Å². The second-order valence-corrected chi connectivity index (χ2v) is 5.48. The summed E-state index contributed by atoms with van der Waals surface area (Å²) in [7, 11) is 4.27. The molecule has 0 radical (unpaired) electrons. The van der Waals surface area contributed by atoms with Crippen molar-refractivity contribution in [3.63, 3.8) is 0 Å². The van der Waals surface area contributed by atoms with E-state index in [1.54, 1.807) is 12.1 Å². The summed E-state index contributed by atoms with van der Waals surface area (Å²) in [4.78, 5) is 17.5. The van der Waals surface area contributed by atoms with Crippen molar-refractivity contribution < 1.29 is 4.79 Å². The van der Waals surface area contributed by atoms with Gasteiger partial charge in [-0.15, -0.1) is 0 Å². The van der Waals surface area contributed by atoms with Crippen LogP contribution in [-0.4, -0.2) is 42.0 Å². The first-order chi connectivity index (χ1) is 9.03. The predicted molar refractivity (Wildman–Crippen MR) is 76.1 cm³/mol. The Hall–Kier alpha value is -1.62. The molecule has 1 fully saturated rings. The molecule has 0 aromatic carbocycles. The van der Waals surface area contributed by atoms with Crippen molar-refractivity contribution in [2.75, 3.05) is 26.0 Å². The number of primary amides is 1. The summed E-state index contributed by atoms with van der Waals surface area (Å²) >= 11 is 0. The molecule has 1 aromatic heterocycles. The number of hydrogen-bond acceptors (Lipinski definition) is 4. The van der Waals surface area contributed by atoms with Gasteiger partial charge >= 0.3 is 0 Å². The van der Waals surface area contributed by atoms with Gasteiger partial charge in [0.2, 0.25) is 5.91 Å². The largest absolute Gasteiger partial charge is 0.368 e. The molecule has 19 heavy (non-hydrogen) atoms. The fourth-order valence-corrected chi connectivity index (χ4v) is 2.71. The van der Waals surface area contributed by atoms with E-state index in [1.165, 1.54) is 31.9 Å². The highest BCUT2D eigenvalue weighted by atomic mass is 16.1. The van der Waals surface area contributed by atoms with Crippen LogP contribution >= 0.6 is 0 Å². The van der Waals surface area contributed by atoms with Crippen LogP contribution in [0.2, 0.25) is 0 Å². The number of carbonyl (C=O) groups excluding carboxylic acids is 1. The fraction of sp³-hybridized carbons (Fsp3) is 0.571. The Morgan fingerprint density at radius 3 is 2.58 bits per heavy atom. The first-order valence-corrected chi connectivity index (χ1v) is 6.71. The van der Waals surface area contributed by atoms with Crippen molar-refractivity contribution in [2.45, 2.75) is 31.2 Å². The maximum atomic E-state index is 11.0. The molecule has 0 spiro atoms. The van der Waals surface area contributed by atoms with Crippen molar-refractivity contribution in [1.29, 1.82) is 0 Å². The minimum Gasteiger partial charge on any atom is -0.368 e. The first-order valence-electron chi connectivity index (χ1n) is 6.71. The molecule has 0 atom stereocenters. The molecule has 5 heteroatoms. The van der Waals surface area contributed by atoms with Gasteiger partial charge in [-0.1, -0.05) is 12.8 Å². The van der Waals surface area contributed by atoms with Crippen molar-refractivity contribution in [3.05, 3.63) is 23.9 Å². The van der Waals surface area contributed by atoms with E-state index in [0.29, 0.717) is 5.56 Å². The van der Waals surface area contributed by atoms with Crippen LogP contribution in [0.15, 0.2) is 18.3 Å². The Balaban J connectivity index is 1.99. The predicted octanol–water partition coefficient (Wildman–Crippen LogP) is 1.47. The molecule has 1 amide bonds. The first kappa shape index (κ1) is 13.8. The number of hydrogen-bond donors (Lipinski definition) is 2. The number of rotatable bonds is 5. The Labute approximate surface area is 114 Å². The van der Waals surface area contributed by atoms with Crippen LogP contribution in [0.1, 0.15) is 36.0 Å². The average Bonchev–Trinajstić information content (AvgIpc) is 2.87. The van der Waals surface area contributed by atoms with Crippen LogP contribution in [-0.2, 0) is 0 Å². The highest BCUT2D eigenvalue weighted by Gasteiger charge is 2.35. The molecule has 0 unspecified atom stereocenters. The Morgan fingerprint density at radius 1 is 1.42 bits per heavy atom. The number of aromatic nitrogens is 1. The Bertz CT molecular complexity index is 435. The molecule has 3 N–H and O–H groups in total. The van der Waals surface area contributed by atoms with E-state index in [4.69, 9.17) is 5.73 Å². The zero-order chi connectivity index (χ0) is 13.9. The molecular formula is C14H22N4O. The van der Waals surface area contributed by atoms with Crippen LogP contribution in [0.3, 0.4) is 0 Å². The number of nitrogens with zero attached hydrogens (tertiary/aromatic N) is 2. The molecule has 104 valence electrons. The van der Waals surface area contributed by atoms with Crippen molar-refractivity contribution in [1.82, 2.24) is 9.88 Å². The second kappa shape index (κ2) is 5.57. The van der Waals surface area contributed by atoms with Crippen LogP contribution in [0, 0.1) is 0 Å². The SMILES string of the molecule is CN(C)C1(CNc2ccc(C(N)=O)cn2)CCCC1. The van der Waals surface area contributed by atoms with E-state index < -0.39 is 5.91 Å². The standard InChI is InChI=1S/C14H22N4O/c1-18(2)14(7-3-4-8-14)10-17-12-6-5-11(9-16-12)13(15)19/h5-6,9H,3-4,7-8,10H2,1-2H3,(H2,15,19)(H,16,17). The Kier molecular flexibility index (Phi) is 4.04. The van der Waals surface area contributed by atoms with Crippen LogP contribution in [0.4, 0.5) is 5.82 Å². The van der Waals surface area contributed by atoms with Crippen molar-refractivity contribution in [3.8, 4) is 0 Å². The smallest absolute Gasteiger partial charge is 0.250 e. The van der Waals surface area contributed by atoms with E-state index in [2.05, 4.69) is 29.3 Å². The molecule has 0 aliphatic heterocycles. The van der Waals surface area contributed by atoms with Gasteiger partial charge in [0.05, 0.1) is 5.56 Å². The minimum atomic E-state index is -0.445. The summed E-state index contributed by atoms with van der Waals surface area (Å²) in [5.74, 6) is 0.345. The van der Waals surface area contributed by atoms with Gasteiger partial charge in [-0.25, -0.2) is 4.98 Å². The quantitative estimate of drug-likeness (QED) is 0.843. The number of pyridine rings is 1. The summed E-state index contributed by atoms with van der Waals surface area (Å²) in [5.41, 5.74) is 5.86. The molecule has 1 heterocycles. The summed E-state index contributed by atoms with van der Waals surface area (Å²) in [6.07, 6.45) is 6.52. The van der Waals surface area contributed by atoms with E-state index >= 15 is 0 Å². The van der Waals surface area contributed by atoms with Gasteiger partial charge in [-0.2, -0.15) is 0 Å². The summed E-state index contributed by atoms with van der Waals surface area (Å²) < 4.78 is 0. The molecule has 1 aliphatic carbocycles. The van der Waals surface area contributed by atoms with Crippen molar-refractivity contribution >= 4 is 11.7 Å². The number of likely N-dealkylation sites (N-methyl/N-ethyl adjacent to an activating group) is 1. The van der Waals surface area contributed by atoms with Gasteiger partial charge in [0, 0.05) is 18.3 Å². The van der Waals surface area contributed by atoms with Crippen molar-refractivity contribution in [2.24, 2.45) is 5.73 Å². The average molecular weight is 262 g/mol. The zero-order valence-corrected chi connectivity index (χ0v) is 11.6. The number of carbonyl (C=O) groups is 1. The van der Waals surface area contributed by atoms with Gasteiger partial charge < -0.3 is 16.0 Å². The molecule has 1 aliphatic rings. The number of anilines is 1. The fourth-order valence-electron chi connectivity index (χ4n) is 2.71. The molecular weight excluding hydrogens is 240 g/mol. The lowest BCUT2D eigenvalue weighted by Gasteiger charge is -2.36. The van der Waals surface area contributed by atoms with Gasteiger partial charge in [-0.05, 0) is 39.1 Å². The zero-order valence-electron chi connectivity index (χ0n) is 11.6. The van der Waals surface area contributed by atoms with E-state index in [1.807, 2.05) is 0 Å². The third-order valence-electron chi connectivity index (χ3n) is 4.13. The number of amides is 1. The van der Waals surface area contributed by atoms with Gasteiger partial charge in [0.15, 0.2) is 0 Å². The summed E-state index contributed by atoms with van der Waals surface area (Å²) in [6, 6.07) is 3.51. The normalized spacial score (nSPS) is 17.6. The lowest BCUT2D eigenvalue weighted by atomic mass is 9.96. The molecule has 0 bridgehead atoms. The number of nitrogens with one attached hydrogen (secondary N) is 1. The van der Waals surface area contributed by atoms with E-state index in [9.17, 15) is 4.79 Å². The maximum absolute atomic E-state index is 11.0. The maximum Gasteiger partial charge on any atom is 0.250 e. The highest BCUT2D eigenvalue weighted by Crippen LogP contribution is 2.33. The topological polar surface area (TPSA) is 71.2 Å². The summed E-state index contributed by atoms with van der Waals surface area (Å²) in [6.45, 7) is 0.878. The Morgan fingerprint density at radius 2 is 2.11 bits per heavy atom. The van der Waals surface area contributed by atoms with Crippen LogP contribution in [0.5, 0.6) is 0 Å². The molecule has 2 rings (SSSR count). The molecule has 5 nitrogen and oxygen atoms in total. The number of nitrogens with two attached hydrogens (primary N) is 1. The van der Waals surface area contributed by atoms with Crippen LogP contribution < -0.4 is 11.1 Å². The van der Waals surface area contributed by atoms with Crippen LogP contribution in [0.25, 0.3) is 0 Å². The molecule has 0 saturated heterocycles. The third-order valence-corrected chi connectivity index (χ3v) is 4.13. The summed E-state index contributed by atoms with van der Waals surface area (Å²) in [5, 5.41) is 3.37. The monoisotopic (exact) mass is 262 g/mol. The minimum absolute atomic E-state index is 0.226. The lowest BCUT2D eigenvalue weighted by Crippen LogP contribution is -2.47. The second-order valence-electron chi connectivity index (χ2n) is 5.48. The van der Waals surface area contributed by atoms with Gasteiger partial charge in [0.25, 0.3) is 0 Å².